The average Bonchev–Trinajstić information content (AvgIpc) is 3.25. The lowest BCUT2D eigenvalue weighted by atomic mass is 10.1. The smallest absolute Gasteiger partial charge is 0.269 e. The molecule has 0 saturated carbocycles. The number of benzene rings is 2. The van der Waals surface area contributed by atoms with E-state index in [0.29, 0.717) is 48.6 Å². The molecular weight excluding hydrogens is 410 g/mol. The van der Waals surface area contributed by atoms with Gasteiger partial charge in [0.15, 0.2) is 11.5 Å². The van der Waals surface area contributed by atoms with Crippen LogP contribution >= 0.6 is 0 Å². The topological polar surface area (TPSA) is 97.0 Å². The number of fused-ring (bicyclic) bond motifs is 1. The third-order valence-corrected chi connectivity index (χ3v) is 5.31. The Morgan fingerprint density at radius 2 is 1.66 bits per heavy atom. The molecule has 1 heterocycles. The van der Waals surface area contributed by atoms with Crippen molar-refractivity contribution >= 4 is 23.4 Å². The molecule has 0 radical (unpaired) electrons. The Kier molecular flexibility index (Phi) is 7.70. The zero-order chi connectivity index (χ0) is 23.1. The summed E-state index contributed by atoms with van der Waals surface area (Å²) in [6.07, 6.45) is 3.07. The molecule has 0 saturated heterocycles. The maximum atomic E-state index is 12.5. The minimum absolute atomic E-state index is 0.0606. The Balaban J connectivity index is 1.61. The summed E-state index contributed by atoms with van der Waals surface area (Å²) in [5.74, 6) is 0.163. The minimum atomic E-state index is -0.474. The molecule has 8 heteroatoms. The first-order chi connectivity index (χ1) is 15.5. The SMILES string of the molecule is CCCCOc1ccc(C(=O)NNC(=O)c2ccc3c(c2)CCN3C(=O)CC)cc1OC. The Morgan fingerprint density at radius 1 is 0.969 bits per heavy atom. The van der Waals surface area contributed by atoms with Crippen LogP contribution < -0.4 is 25.2 Å². The van der Waals surface area contributed by atoms with Gasteiger partial charge in [0, 0.05) is 29.8 Å². The van der Waals surface area contributed by atoms with Crippen LogP contribution in [0.15, 0.2) is 36.4 Å². The molecule has 0 atom stereocenters. The second-order valence-corrected chi connectivity index (χ2v) is 7.47. The molecule has 2 aromatic carbocycles. The molecule has 0 aliphatic carbocycles. The average molecular weight is 440 g/mol. The molecule has 170 valence electrons. The highest BCUT2D eigenvalue weighted by Gasteiger charge is 2.24. The maximum absolute atomic E-state index is 12.5. The maximum Gasteiger partial charge on any atom is 0.269 e. The van der Waals surface area contributed by atoms with Crippen molar-refractivity contribution in [2.45, 2.75) is 39.5 Å². The van der Waals surface area contributed by atoms with Crippen molar-refractivity contribution in [3.63, 3.8) is 0 Å². The van der Waals surface area contributed by atoms with Crippen LogP contribution in [-0.4, -0.2) is 38.0 Å². The van der Waals surface area contributed by atoms with E-state index in [2.05, 4.69) is 17.8 Å². The van der Waals surface area contributed by atoms with Gasteiger partial charge in [0.2, 0.25) is 5.91 Å². The molecule has 8 nitrogen and oxygen atoms in total. The molecule has 1 aliphatic heterocycles. The summed E-state index contributed by atoms with van der Waals surface area (Å²) in [6.45, 7) is 5.09. The molecular formula is C24H29N3O5. The number of hydrogen-bond donors (Lipinski definition) is 2. The van der Waals surface area contributed by atoms with E-state index < -0.39 is 11.8 Å². The lowest BCUT2D eigenvalue weighted by molar-refractivity contribution is -0.118. The van der Waals surface area contributed by atoms with E-state index in [1.807, 2.05) is 6.92 Å². The second kappa shape index (κ2) is 10.7. The summed E-state index contributed by atoms with van der Waals surface area (Å²) in [4.78, 5) is 38.8. The number of rotatable bonds is 8. The normalized spacial score (nSPS) is 12.2. The van der Waals surface area contributed by atoms with Crippen molar-refractivity contribution < 1.29 is 23.9 Å². The summed E-state index contributed by atoms with van der Waals surface area (Å²) >= 11 is 0. The van der Waals surface area contributed by atoms with Gasteiger partial charge in [0.1, 0.15) is 0 Å². The van der Waals surface area contributed by atoms with Crippen LogP contribution in [0, 0.1) is 0 Å². The molecule has 0 aromatic heterocycles. The van der Waals surface area contributed by atoms with E-state index >= 15 is 0 Å². The largest absolute Gasteiger partial charge is 0.493 e. The van der Waals surface area contributed by atoms with Crippen LogP contribution in [-0.2, 0) is 11.2 Å². The highest BCUT2D eigenvalue weighted by Crippen LogP contribution is 2.30. The van der Waals surface area contributed by atoms with Gasteiger partial charge in [0.05, 0.1) is 13.7 Å². The molecule has 0 unspecified atom stereocenters. The van der Waals surface area contributed by atoms with Gasteiger partial charge in [-0.3, -0.25) is 25.2 Å². The number of nitrogens with one attached hydrogen (secondary N) is 2. The van der Waals surface area contributed by atoms with Crippen molar-refractivity contribution in [2.24, 2.45) is 0 Å². The first-order valence-corrected chi connectivity index (χ1v) is 10.8. The van der Waals surface area contributed by atoms with Crippen LogP contribution in [0.3, 0.4) is 0 Å². The fraction of sp³-hybridized carbons (Fsp3) is 0.375. The molecule has 3 amide bonds. The molecule has 0 fully saturated rings. The van der Waals surface area contributed by atoms with Crippen LogP contribution in [0.1, 0.15) is 59.4 Å². The van der Waals surface area contributed by atoms with Gasteiger partial charge in [-0.25, -0.2) is 0 Å². The number of carbonyl (C=O) groups is 3. The number of hydrogen-bond acceptors (Lipinski definition) is 5. The molecule has 3 rings (SSSR count). The van der Waals surface area contributed by atoms with E-state index in [4.69, 9.17) is 9.47 Å². The Hall–Kier alpha value is -3.55. The number of nitrogens with zero attached hydrogens (tertiary/aromatic N) is 1. The molecule has 0 spiro atoms. The third kappa shape index (κ3) is 5.19. The van der Waals surface area contributed by atoms with Crippen molar-refractivity contribution in [3.05, 3.63) is 53.1 Å². The fourth-order valence-electron chi connectivity index (χ4n) is 3.51. The first-order valence-electron chi connectivity index (χ1n) is 10.8. The van der Waals surface area contributed by atoms with Crippen molar-refractivity contribution in [2.75, 3.05) is 25.2 Å². The van der Waals surface area contributed by atoms with E-state index in [1.165, 1.54) is 7.11 Å². The molecule has 0 bridgehead atoms. The zero-order valence-electron chi connectivity index (χ0n) is 18.7. The molecule has 32 heavy (non-hydrogen) atoms. The number of methoxy groups -OCH3 is 1. The highest BCUT2D eigenvalue weighted by atomic mass is 16.5. The van der Waals surface area contributed by atoms with E-state index in [-0.39, 0.29) is 5.91 Å². The van der Waals surface area contributed by atoms with Crippen molar-refractivity contribution in [3.8, 4) is 11.5 Å². The van der Waals surface area contributed by atoms with Gasteiger partial charge in [-0.15, -0.1) is 0 Å². The number of hydrazine groups is 1. The van der Waals surface area contributed by atoms with Crippen LogP contribution in [0.2, 0.25) is 0 Å². The number of amides is 3. The van der Waals surface area contributed by atoms with E-state index in [9.17, 15) is 14.4 Å². The van der Waals surface area contributed by atoms with Gasteiger partial charge >= 0.3 is 0 Å². The standard InChI is InChI=1S/C24H29N3O5/c1-4-6-13-32-20-10-8-18(15-21(20)31-3)24(30)26-25-23(29)17-7-9-19-16(14-17)11-12-27(19)22(28)5-2/h7-10,14-15H,4-6,11-13H2,1-3H3,(H,25,29)(H,26,30). The highest BCUT2D eigenvalue weighted by molar-refractivity contribution is 6.01. The summed E-state index contributed by atoms with van der Waals surface area (Å²) in [7, 11) is 1.51. The van der Waals surface area contributed by atoms with Gasteiger partial charge in [0.25, 0.3) is 11.8 Å². The van der Waals surface area contributed by atoms with Gasteiger partial charge < -0.3 is 14.4 Å². The first kappa shape index (κ1) is 23.1. The van der Waals surface area contributed by atoms with E-state index in [1.54, 1.807) is 41.3 Å². The quantitative estimate of drug-likeness (QED) is 0.486. The number of unbranched alkanes of at least 4 members (excludes halogenated alkanes) is 1. The zero-order valence-corrected chi connectivity index (χ0v) is 18.7. The van der Waals surface area contributed by atoms with Crippen LogP contribution in [0.4, 0.5) is 5.69 Å². The third-order valence-electron chi connectivity index (χ3n) is 5.31. The fourth-order valence-corrected chi connectivity index (χ4v) is 3.51. The van der Waals surface area contributed by atoms with Crippen LogP contribution in [0.5, 0.6) is 11.5 Å². The summed E-state index contributed by atoms with van der Waals surface area (Å²) in [5.41, 5.74) is 7.37. The predicted molar refractivity (Wildman–Crippen MR) is 121 cm³/mol. The monoisotopic (exact) mass is 439 g/mol. The van der Waals surface area contributed by atoms with E-state index in [0.717, 1.165) is 24.1 Å². The molecule has 2 N–H and O–H groups in total. The van der Waals surface area contributed by atoms with Gasteiger partial charge in [-0.2, -0.15) is 0 Å². The van der Waals surface area contributed by atoms with Crippen molar-refractivity contribution in [1.82, 2.24) is 10.9 Å². The number of carbonyl (C=O) groups excluding carboxylic acids is 3. The minimum Gasteiger partial charge on any atom is -0.493 e. The van der Waals surface area contributed by atoms with Crippen molar-refractivity contribution in [1.29, 1.82) is 0 Å². The Bertz CT molecular complexity index is 1010. The lowest BCUT2D eigenvalue weighted by Crippen LogP contribution is -2.41. The van der Waals surface area contributed by atoms with Gasteiger partial charge in [-0.1, -0.05) is 20.3 Å². The number of anilines is 1. The number of ether oxygens (including phenoxy) is 2. The molecule has 2 aromatic rings. The predicted octanol–water partition coefficient (Wildman–Crippen LogP) is 3.25. The van der Waals surface area contributed by atoms with Gasteiger partial charge in [-0.05, 0) is 54.8 Å². The van der Waals surface area contributed by atoms with Crippen LogP contribution in [0.25, 0.3) is 0 Å². The summed E-state index contributed by atoms with van der Waals surface area (Å²) < 4.78 is 11.0. The Labute approximate surface area is 187 Å². The molecule has 1 aliphatic rings. The Morgan fingerprint density at radius 3 is 2.31 bits per heavy atom. The summed E-state index contributed by atoms with van der Waals surface area (Å²) in [6, 6.07) is 10.0. The second-order valence-electron chi connectivity index (χ2n) is 7.47. The summed E-state index contributed by atoms with van der Waals surface area (Å²) in [5, 5.41) is 0. The lowest BCUT2D eigenvalue weighted by Gasteiger charge is -2.16.